The second kappa shape index (κ2) is 9.75. The molecule has 3 aliphatic rings. The predicted molar refractivity (Wildman–Crippen MR) is 100 cm³/mol. The molecule has 0 bridgehead atoms. The summed E-state index contributed by atoms with van der Waals surface area (Å²) in [5.41, 5.74) is 0. The maximum atomic E-state index is 12.8. The van der Waals surface area contributed by atoms with E-state index in [0.717, 1.165) is 25.7 Å². The van der Waals surface area contributed by atoms with E-state index in [1.165, 1.54) is 38.5 Å². The zero-order valence-corrected chi connectivity index (χ0v) is 16.1. The van der Waals surface area contributed by atoms with Crippen LogP contribution in [0.25, 0.3) is 0 Å². The van der Waals surface area contributed by atoms with Gasteiger partial charge in [-0.1, -0.05) is 25.7 Å². The Morgan fingerprint density at radius 2 is 2.00 bits per heavy atom. The molecule has 26 heavy (non-hydrogen) atoms. The smallest absolute Gasteiger partial charge is 0.286 e. The van der Waals surface area contributed by atoms with E-state index in [4.69, 9.17) is 9.47 Å². The van der Waals surface area contributed by atoms with Gasteiger partial charge in [-0.25, -0.2) is 0 Å². The Morgan fingerprint density at radius 3 is 2.62 bits per heavy atom. The molecular formula is C21H35NO4. The second-order valence-electron chi connectivity index (χ2n) is 8.08. The van der Waals surface area contributed by atoms with Gasteiger partial charge < -0.3 is 19.9 Å². The highest BCUT2D eigenvalue weighted by molar-refractivity contribution is 5.91. The SMILES string of the molecule is CCO[C@H]1OC(C(=O)NC2CCCCC2)=C[C@@H](C2CCC2)[C@@H]1CCCO. The van der Waals surface area contributed by atoms with E-state index in [0.29, 0.717) is 24.2 Å². The van der Waals surface area contributed by atoms with Crippen LogP contribution in [0.4, 0.5) is 0 Å². The Kier molecular flexibility index (Phi) is 7.38. The standard InChI is InChI=1S/C21H35NO4/c1-2-25-21-17(12-7-13-23)18(15-8-6-9-15)14-19(26-21)20(24)22-16-10-4-3-5-11-16/h14-18,21,23H,2-13H2,1H3,(H,22,24)/t17-,18-,21-/m0/s1. The van der Waals surface area contributed by atoms with Crippen LogP contribution in [0.2, 0.25) is 0 Å². The van der Waals surface area contributed by atoms with E-state index < -0.39 is 0 Å². The van der Waals surface area contributed by atoms with Crippen LogP contribution in [-0.4, -0.2) is 36.6 Å². The number of rotatable bonds is 8. The van der Waals surface area contributed by atoms with Crippen LogP contribution in [0.15, 0.2) is 11.8 Å². The van der Waals surface area contributed by atoms with E-state index in [2.05, 4.69) is 11.4 Å². The zero-order chi connectivity index (χ0) is 18.4. The van der Waals surface area contributed by atoms with Gasteiger partial charge in [0.2, 0.25) is 6.29 Å². The van der Waals surface area contributed by atoms with Crippen molar-refractivity contribution in [2.45, 2.75) is 83.5 Å². The summed E-state index contributed by atoms with van der Waals surface area (Å²) in [6, 6.07) is 0.278. The van der Waals surface area contributed by atoms with Crippen LogP contribution in [-0.2, 0) is 14.3 Å². The molecule has 0 aromatic heterocycles. The lowest BCUT2D eigenvalue weighted by molar-refractivity contribution is -0.178. The largest absolute Gasteiger partial charge is 0.459 e. The van der Waals surface area contributed by atoms with E-state index in [-0.39, 0.29) is 30.8 Å². The first-order chi connectivity index (χ1) is 12.7. The molecule has 1 amide bonds. The number of amides is 1. The minimum atomic E-state index is -0.380. The molecule has 2 N–H and O–H groups in total. The number of allylic oxidation sites excluding steroid dienone is 1. The topological polar surface area (TPSA) is 67.8 Å². The Morgan fingerprint density at radius 1 is 1.23 bits per heavy atom. The van der Waals surface area contributed by atoms with Crippen molar-refractivity contribution in [1.29, 1.82) is 0 Å². The molecule has 0 radical (unpaired) electrons. The lowest BCUT2D eigenvalue weighted by atomic mass is 9.68. The van der Waals surface area contributed by atoms with Crippen molar-refractivity contribution < 1.29 is 19.4 Å². The minimum absolute atomic E-state index is 0.0773. The first-order valence-corrected chi connectivity index (χ1v) is 10.6. The van der Waals surface area contributed by atoms with Crippen molar-refractivity contribution in [2.75, 3.05) is 13.2 Å². The molecule has 1 aliphatic heterocycles. The van der Waals surface area contributed by atoms with Crippen LogP contribution in [0.1, 0.15) is 71.1 Å². The number of nitrogens with one attached hydrogen (secondary N) is 1. The highest BCUT2D eigenvalue weighted by Crippen LogP contribution is 2.44. The predicted octanol–water partition coefficient (Wildman–Crippen LogP) is 3.52. The zero-order valence-electron chi connectivity index (χ0n) is 16.1. The van der Waals surface area contributed by atoms with E-state index >= 15 is 0 Å². The van der Waals surface area contributed by atoms with Crippen LogP contribution in [0.5, 0.6) is 0 Å². The molecule has 3 atom stereocenters. The maximum absolute atomic E-state index is 12.8. The first kappa shape index (κ1) is 19.7. The molecule has 5 heteroatoms. The molecule has 2 fully saturated rings. The molecule has 148 valence electrons. The number of carbonyl (C=O) groups is 1. The van der Waals surface area contributed by atoms with Crippen molar-refractivity contribution >= 4 is 5.91 Å². The van der Waals surface area contributed by atoms with Crippen molar-refractivity contribution in [3.8, 4) is 0 Å². The highest BCUT2D eigenvalue weighted by atomic mass is 16.7. The number of ether oxygens (including phenoxy) is 2. The fourth-order valence-electron chi connectivity index (χ4n) is 4.65. The van der Waals surface area contributed by atoms with Gasteiger partial charge in [0, 0.05) is 25.2 Å². The number of aliphatic hydroxyl groups is 1. The van der Waals surface area contributed by atoms with Gasteiger partial charge in [0.05, 0.1) is 0 Å². The fraction of sp³-hybridized carbons (Fsp3) is 0.857. The summed E-state index contributed by atoms with van der Waals surface area (Å²) in [4.78, 5) is 12.8. The van der Waals surface area contributed by atoms with Crippen LogP contribution in [0, 0.1) is 17.8 Å². The number of hydrogen-bond acceptors (Lipinski definition) is 4. The van der Waals surface area contributed by atoms with Gasteiger partial charge in [0.15, 0.2) is 5.76 Å². The molecule has 3 rings (SSSR count). The third-order valence-corrected chi connectivity index (χ3v) is 6.32. The van der Waals surface area contributed by atoms with Crippen LogP contribution in [0.3, 0.4) is 0 Å². The van der Waals surface area contributed by atoms with Gasteiger partial charge >= 0.3 is 0 Å². The lowest BCUT2D eigenvalue weighted by Gasteiger charge is -2.43. The van der Waals surface area contributed by atoms with E-state index in [1.807, 2.05) is 6.92 Å². The lowest BCUT2D eigenvalue weighted by Crippen LogP contribution is -2.44. The summed E-state index contributed by atoms with van der Waals surface area (Å²) in [5, 5.41) is 12.4. The Bertz CT molecular complexity index is 482. The molecule has 0 aromatic rings. The number of carbonyl (C=O) groups excluding carboxylic acids is 1. The third-order valence-electron chi connectivity index (χ3n) is 6.32. The van der Waals surface area contributed by atoms with Crippen molar-refractivity contribution in [3.63, 3.8) is 0 Å². The molecular weight excluding hydrogens is 330 g/mol. The summed E-state index contributed by atoms with van der Waals surface area (Å²) < 4.78 is 11.9. The molecule has 0 unspecified atom stereocenters. The van der Waals surface area contributed by atoms with Gasteiger partial charge in [0.1, 0.15) is 0 Å². The molecule has 5 nitrogen and oxygen atoms in total. The summed E-state index contributed by atoms with van der Waals surface area (Å²) in [6.07, 6.45) is 12.8. The monoisotopic (exact) mass is 365 g/mol. The Hall–Kier alpha value is -1.07. The third kappa shape index (κ3) is 4.80. The van der Waals surface area contributed by atoms with Crippen LogP contribution >= 0.6 is 0 Å². The normalized spacial score (nSPS) is 30.2. The fourth-order valence-corrected chi connectivity index (χ4v) is 4.65. The quantitative estimate of drug-likeness (QED) is 0.691. The summed E-state index contributed by atoms with van der Waals surface area (Å²) in [6.45, 7) is 2.71. The van der Waals surface area contributed by atoms with E-state index in [1.54, 1.807) is 0 Å². The van der Waals surface area contributed by atoms with Crippen molar-refractivity contribution in [2.24, 2.45) is 17.8 Å². The van der Waals surface area contributed by atoms with Gasteiger partial charge in [-0.05, 0) is 63.4 Å². The van der Waals surface area contributed by atoms with Crippen LogP contribution < -0.4 is 5.32 Å². The Balaban J connectivity index is 1.72. The molecule has 2 saturated carbocycles. The summed E-state index contributed by atoms with van der Waals surface area (Å²) in [7, 11) is 0. The summed E-state index contributed by atoms with van der Waals surface area (Å²) >= 11 is 0. The number of aliphatic hydroxyl groups excluding tert-OH is 1. The van der Waals surface area contributed by atoms with Gasteiger partial charge in [-0.15, -0.1) is 0 Å². The highest BCUT2D eigenvalue weighted by Gasteiger charge is 2.42. The Labute approximate surface area is 157 Å². The van der Waals surface area contributed by atoms with Crippen molar-refractivity contribution in [3.05, 3.63) is 11.8 Å². The van der Waals surface area contributed by atoms with Gasteiger partial charge in [-0.2, -0.15) is 0 Å². The molecule has 0 aromatic carbocycles. The summed E-state index contributed by atoms with van der Waals surface area (Å²) in [5.74, 6) is 1.52. The average Bonchev–Trinajstić information content (AvgIpc) is 2.60. The van der Waals surface area contributed by atoms with Gasteiger partial charge in [0.25, 0.3) is 5.91 Å². The average molecular weight is 366 g/mol. The minimum Gasteiger partial charge on any atom is -0.459 e. The van der Waals surface area contributed by atoms with E-state index in [9.17, 15) is 9.90 Å². The van der Waals surface area contributed by atoms with Crippen molar-refractivity contribution in [1.82, 2.24) is 5.32 Å². The maximum Gasteiger partial charge on any atom is 0.286 e. The number of hydrogen-bond donors (Lipinski definition) is 2. The molecule has 1 heterocycles. The van der Waals surface area contributed by atoms with Gasteiger partial charge in [-0.3, -0.25) is 4.79 Å². The first-order valence-electron chi connectivity index (χ1n) is 10.6. The molecule has 2 aliphatic carbocycles. The molecule has 0 spiro atoms. The second-order valence-corrected chi connectivity index (χ2v) is 8.08. The molecule has 0 saturated heterocycles.